The summed E-state index contributed by atoms with van der Waals surface area (Å²) in [6.07, 6.45) is 5.76. The first-order valence-electron chi connectivity index (χ1n) is 8.74. The van der Waals surface area contributed by atoms with Gasteiger partial charge in [-0.15, -0.1) is 0 Å². The van der Waals surface area contributed by atoms with E-state index in [0.717, 1.165) is 25.7 Å². The van der Waals surface area contributed by atoms with E-state index in [9.17, 15) is 14.7 Å². The molecule has 1 aliphatic heterocycles. The maximum Gasteiger partial charge on any atom is 0.411 e. The first kappa shape index (κ1) is 18.0. The Balaban J connectivity index is 1.97. The van der Waals surface area contributed by atoms with Gasteiger partial charge in [0.1, 0.15) is 11.6 Å². The lowest BCUT2D eigenvalue weighted by Crippen LogP contribution is -2.49. The van der Waals surface area contributed by atoms with Gasteiger partial charge in [-0.2, -0.15) is 0 Å². The molecule has 1 heterocycles. The highest BCUT2D eigenvalue weighted by Crippen LogP contribution is 2.23. The number of carbonyl (C=O) groups is 2. The summed E-state index contributed by atoms with van der Waals surface area (Å²) in [5.41, 5.74) is -0.618. The Bertz CT molecular complexity index is 425. The molecule has 2 N–H and O–H groups in total. The van der Waals surface area contributed by atoms with Gasteiger partial charge in [0.05, 0.1) is 12.6 Å². The van der Waals surface area contributed by atoms with E-state index in [4.69, 9.17) is 4.74 Å². The average Bonchev–Trinajstić information content (AvgIpc) is 2.65. The van der Waals surface area contributed by atoms with Crippen molar-refractivity contribution in [3.63, 3.8) is 0 Å². The van der Waals surface area contributed by atoms with Crippen LogP contribution in [0.5, 0.6) is 0 Å². The summed E-state index contributed by atoms with van der Waals surface area (Å²) in [6.45, 7) is 5.52. The smallest absolute Gasteiger partial charge is 0.411 e. The molecule has 0 aromatic rings. The molecule has 2 atom stereocenters. The van der Waals surface area contributed by atoms with E-state index in [-0.39, 0.29) is 24.9 Å². The van der Waals surface area contributed by atoms with Crippen LogP contribution < -0.4 is 5.32 Å². The van der Waals surface area contributed by atoms with Gasteiger partial charge in [0.15, 0.2) is 0 Å². The summed E-state index contributed by atoms with van der Waals surface area (Å²) in [5.74, 6) is -0.167. The molecule has 0 spiro atoms. The number of β-amino-alcohol motifs (C(OH)–C–C–N with tert-alkyl or cyclic N) is 1. The van der Waals surface area contributed by atoms with Crippen LogP contribution in [0.1, 0.15) is 65.7 Å². The second-order valence-corrected chi connectivity index (χ2v) is 7.74. The monoisotopic (exact) mass is 326 g/mol. The third kappa shape index (κ3) is 5.37. The zero-order chi connectivity index (χ0) is 17.0. The molecule has 1 saturated carbocycles. The van der Waals surface area contributed by atoms with Crippen LogP contribution in [0.4, 0.5) is 4.79 Å². The number of carbonyl (C=O) groups excluding carboxylic acids is 2. The number of rotatable bonds is 2. The highest BCUT2D eigenvalue weighted by Gasteiger charge is 2.41. The lowest BCUT2D eigenvalue weighted by molar-refractivity contribution is -0.126. The molecular weight excluding hydrogens is 296 g/mol. The van der Waals surface area contributed by atoms with Gasteiger partial charge in [-0.05, 0) is 33.6 Å². The molecule has 2 rings (SSSR count). The Kier molecular flexibility index (Phi) is 5.89. The minimum atomic E-state index is -0.674. The molecule has 0 aromatic heterocycles. The van der Waals surface area contributed by atoms with Crippen molar-refractivity contribution >= 4 is 12.0 Å². The molecule has 6 nitrogen and oxygen atoms in total. The second kappa shape index (κ2) is 7.51. The van der Waals surface area contributed by atoms with Crippen LogP contribution in [-0.4, -0.2) is 52.3 Å². The number of nitrogens with zero attached hydrogens (tertiary/aromatic N) is 1. The van der Waals surface area contributed by atoms with Crippen LogP contribution in [0, 0.1) is 0 Å². The molecule has 2 aliphatic rings. The largest absolute Gasteiger partial charge is 0.444 e. The van der Waals surface area contributed by atoms with Crippen molar-refractivity contribution in [2.75, 3.05) is 6.54 Å². The van der Waals surface area contributed by atoms with E-state index in [1.165, 1.54) is 17.7 Å². The molecule has 1 aliphatic carbocycles. The molecular formula is C17H30N2O4. The van der Waals surface area contributed by atoms with Crippen LogP contribution in [-0.2, 0) is 9.53 Å². The topological polar surface area (TPSA) is 78.9 Å². The van der Waals surface area contributed by atoms with Gasteiger partial charge in [-0.3, -0.25) is 9.69 Å². The van der Waals surface area contributed by atoms with Crippen molar-refractivity contribution in [1.82, 2.24) is 10.2 Å². The summed E-state index contributed by atoms with van der Waals surface area (Å²) < 4.78 is 5.36. The minimum absolute atomic E-state index is 0.150. The fourth-order valence-electron chi connectivity index (χ4n) is 3.31. The van der Waals surface area contributed by atoms with Gasteiger partial charge in [-0.1, -0.05) is 25.7 Å². The van der Waals surface area contributed by atoms with Crippen LogP contribution in [0.15, 0.2) is 0 Å². The predicted molar refractivity (Wildman–Crippen MR) is 87.0 cm³/mol. The molecule has 0 bridgehead atoms. The Morgan fingerprint density at radius 2 is 1.74 bits per heavy atom. The molecule has 0 aromatic carbocycles. The number of amides is 2. The van der Waals surface area contributed by atoms with Gasteiger partial charge in [-0.25, -0.2) is 4.79 Å². The summed E-state index contributed by atoms with van der Waals surface area (Å²) in [6, 6.07) is -0.452. The third-order valence-electron chi connectivity index (χ3n) is 4.41. The van der Waals surface area contributed by atoms with Crippen LogP contribution in [0.2, 0.25) is 0 Å². The number of ether oxygens (including phenoxy) is 1. The van der Waals surface area contributed by atoms with Crippen LogP contribution in [0.25, 0.3) is 0 Å². The van der Waals surface area contributed by atoms with Crippen LogP contribution >= 0.6 is 0 Å². The van der Waals surface area contributed by atoms with Gasteiger partial charge in [0.2, 0.25) is 5.91 Å². The maximum atomic E-state index is 12.6. The number of likely N-dealkylation sites (tertiary alicyclic amines) is 1. The number of aliphatic hydroxyl groups excluding tert-OH is 1. The zero-order valence-electron chi connectivity index (χ0n) is 14.5. The summed E-state index contributed by atoms with van der Waals surface area (Å²) in [7, 11) is 0. The summed E-state index contributed by atoms with van der Waals surface area (Å²) in [4.78, 5) is 26.2. The van der Waals surface area contributed by atoms with Crippen molar-refractivity contribution in [1.29, 1.82) is 0 Å². The maximum absolute atomic E-state index is 12.6. The fraction of sp³-hybridized carbons (Fsp3) is 0.882. The molecule has 1 saturated heterocycles. The molecule has 23 heavy (non-hydrogen) atoms. The third-order valence-corrected chi connectivity index (χ3v) is 4.41. The van der Waals surface area contributed by atoms with E-state index in [1.54, 1.807) is 20.8 Å². The lowest BCUT2D eigenvalue weighted by Gasteiger charge is -2.28. The van der Waals surface area contributed by atoms with Crippen LogP contribution in [0.3, 0.4) is 0 Å². The van der Waals surface area contributed by atoms with Gasteiger partial charge < -0.3 is 15.2 Å². The van der Waals surface area contributed by atoms with Crippen molar-refractivity contribution in [3.8, 4) is 0 Å². The standard InChI is InChI=1S/C17H30N2O4/c1-17(2,3)23-16(22)19-11-13(20)10-14(19)15(21)18-12-8-6-4-5-7-9-12/h12-14,20H,4-11H2,1-3H3,(H,18,21)/t13-,14+/m1/s1. The Morgan fingerprint density at radius 3 is 2.30 bits per heavy atom. The van der Waals surface area contributed by atoms with E-state index >= 15 is 0 Å². The first-order chi connectivity index (χ1) is 10.8. The van der Waals surface area contributed by atoms with E-state index in [0.29, 0.717) is 0 Å². The summed E-state index contributed by atoms with van der Waals surface area (Å²) >= 11 is 0. The number of hydrogen-bond acceptors (Lipinski definition) is 4. The highest BCUT2D eigenvalue weighted by atomic mass is 16.6. The number of nitrogens with one attached hydrogen (secondary N) is 1. The number of aliphatic hydroxyl groups is 1. The summed E-state index contributed by atoms with van der Waals surface area (Å²) in [5, 5.41) is 13.0. The first-order valence-corrected chi connectivity index (χ1v) is 8.74. The van der Waals surface area contributed by atoms with Crippen molar-refractivity contribution in [2.45, 2.75) is 89.5 Å². The van der Waals surface area contributed by atoms with Gasteiger partial charge in [0, 0.05) is 12.5 Å². The molecule has 0 unspecified atom stereocenters. The minimum Gasteiger partial charge on any atom is -0.444 e. The second-order valence-electron chi connectivity index (χ2n) is 7.74. The van der Waals surface area contributed by atoms with Crippen molar-refractivity contribution < 1.29 is 19.4 Å². The van der Waals surface area contributed by atoms with Crippen molar-refractivity contribution in [2.24, 2.45) is 0 Å². The van der Waals surface area contributed by atoms with E-state index in [2.05, 4.69) is 5.32 Å². The highest BCUT2D eigenvalue weighted by molar-refractivity contribution is 5.86. The Hall–Kier alpha value is -1.30. The molecule has 2 amide bonds. The average molecular weight is 326 g/mol. The molecule has 0 radical (unpaired) electrons. The van der Waals surface area contributed by atoms with Gasteiger partial charge >= 0.3 is 6.09 Å². The van der Waals surface area contributed by atoms with Gasteiger partial charge in [0.25, 0.3) is 0 Å². The fourth-order valence-corrected chi connectivity index (χ4v) is 3.31. The lowest BCUT2D eigenvalue weighted by atomic mass is 10.1. The molecule has 2 fully saturated rings. The predicted octanol–water partition coefficient (Wildman–Crippen LogP) is 2.20. The quantitative estimate of drug-likeness (QED) is 0.763. The Labute approximate surface area is 138 Å². The van der Waals surface area contributed by atoms with E-state index < -0.39 is 23.8 Å². The van der Waals surface area contributed by atoms with Crippen molar-refractivity contribution in [3.05, 3.63) is 0 Å². The molecule has 6 heteroatoms. The zero-order valence-corrected chi connectivity index (χ0v) is 14.5. The molecule has 132 valence electrons. The number of hydrogen-bond donors (Lipinski definition) is 2. The van der Waals surface area contributed by atoms with E-state index in [1.807, 2.05) is 0 Å². The Morgan fingerprint density at radius 1 is 1.13 bits per heavy atom. The SMILES string of the molecule is CC(C)(C)OC(=O)N1C[C@H](O)C[C@H]1C(=O)NC1CCCCCC1. The normalized spacial score (nSPS) is 26.7.